The van der Waals surface area contributed by atoms with E-state index in [-0.39, 0.29) is 6.61 Å². The Morgan fingerprint density at radius 1 is 1.25 bits per heavy atom. The van der Waals surface area contributed by atoms with E-state index < -0.39 is 0 Å². The molecule has 0 amide bonds. The van der Waals surface area contributed by atoms with Crippen LogP contribution in [0, 0.1) is 0 Å². The van der Waals surface area contributed by atoms with Crippen LogP contribution in [0.1, 0.15) is 17.5 Å². The quantitative estimate of drug-likeness (QED) is 0.880. The predicted octanol–water partition coefficient (Wildman–Crippen LogP) is 2.91. The van der Waals surface area contributed by atoms with E-state index in [9.17, 15) is 0 Å². The molecule has 0 spiro atoms. The first kappa shape index (κ1) is 11.3. The molecule has 1 N–H and O–H groups in total. The van der Waals surface area contributed by atoms with Gasteiger partial charge in [-0.25, -0.2) is 4.98 Å². The van der Waals surface area contributed by atoms with E-state index in [0.717, 1.165) is 22.7 Å². The number of aryl methyl sites for hydroxylation is 1. The van der Waals surface area contributed by atoms with Crippen molar-refractivity contribution in [3.05, 3.63) is 40.9 Å². The molecular formula is C13H15NOS. The second-order valence-electron chi connectivity index (χ2n) is 3.58. The highest BCUT2D eigenvalue weighted by molar-refractivity contribution is 7.15. The molecule has 0 radical (unpaired) electrons. The van der Waals surface area contributed by atoms with Crippen molar-refractivity contribution in [1.82, 2.24) is 4.98 Å². The lowest BCUT2D eigenvalue weighted by Crippen LogP contribution is -1.94. The number of hydrogen-bond donors (Lipinski definition) is 1. The predicted molar refractivity (Wildman–Crippen MR) is 67.7 cm³/mol. The number of benzene rings is 1. The molecule has 1 heterocycles. The normalized spacial score (nSPS) is 10.6. The summed E-state index contributed by atoms with van der Waals surface area (Å²) in [5.41, 5.74) is 2.21. The number of aliphatic hydroxyl groups excluding tert-OH is 1. The van der Waals surface area contributed by atoms with Gasteiger partial charge in [0.1, 0.15) is 5.01 Å². The number of thiazole rings is 1. The van der Waals surface area contributed by atoms with E-state index in [1.807, 2.05) is 18.2 Å². The van der Waals surface area contributed by atoms with Gasteiger partial charge in [0.25, 0.3) is 0 Å². The van der Waals surface area contributed by atoms with Crippen LogP contribution in [0.25, 0.3) is 10.6 Å². The molecule has 3 heteroatoms. The van der Waals surface area contributed by atoms with Gasteiger partial charge in [-0.15, -0.1) is 11.3 Å². The number of aromatic nitrogens is 1. The summed E-state index contributed by atoms with van der Waals surface area (Å²) in [7, 11) is 0. The van der Waals surface area contributed by atoms with Gasteiger partial charge < -0.3 is 5.11 Å². The zero-order chi connectivity index (χ0) is 11.4. The van der Waals surface area contributed by atoms with Crippen LogP contribution in [-0.2, 0) is 12.8 Å². The van der Waals surface area contributed by atoms with Crippen LogP contribution in [0.2, 0.25) is 0 Å². The molecule has 0 saturated carbocycles. The van der Waals surface area contributed by atoms with Gasteiger partial charge in [-0.1, -0.05) is 37.3 Å². The molecule has 16 heavy (non-hydrogen) atoms. The summed E-state index contributed by atoms with van der Waals surface area (Å²) in [6, 6.07) is 10.2. The number of rotatable bonds is 4. The third kappa shape index (κ3) is 2.31. The monoisotopic (exact) mass is 233 g/mol. The average molecular weight is 233 g/mol. The van der Waals surface area contributed by atoms with E-state index >= 15 is 0 Å². The average Bonchev–Trinajstić information content (AvgIpc) is 2.74. The molecule has 0 aliphatic rings. The first-order chi connectivity index (χ1) is 7.85. The summed E-state index contributed by atoms with van der Waals surface area (Å²) in [6.45, 7) is 2.30. The zero-order valence-electron chi connectivity index (χ0n) is 9.31. The Morgan fingerprint density at radius 2 is 2.00 bits per heavy atom. The molecule has 0 saturated heterocycles. The smallest absolute Gasteiger partial charge is 0.123 e. The Labute approximate surface area is 99.6 Å². The van der Waals surface area contributed by atoms with Crippen LogP contribution in [0.5, 0.6) is 0 Å². The topological polar surface area (TPSA) is 33.1 Å². The van der Waals surface area contributed by atoms with Gasteiger partial charge in [0.05, 0.1) is 5.69 Å². The van der Waals surface area contributed by atoms with Gasteiger partial charge in [0.15, 0.2) is 0 Å². The summed E-state index contributed by atoms with van der Waals surface area (Å²) < 4.78 is 0. The first-order valence-corrected chi connectivity index (χ1v) is 6.31. The van der Waals surface area contributed by atoms with E-state index in [4.69, 9.17) is 5.11 Å². The minimum Gasteiger partial charge on any atom is -0.396 e. The molecule has 0 aliphatic heterocycles. The van der Waals surface area contributed by atoms with Crippen molar-refractivity contribution in [3.8, 4) is 10.6 Å². The van der Waals surface area contributed by atoms with Gasteiger partial charge in [0, 0.05) is 23.5 Å². The fraction of sp³-hybridized carbons (Fsp3) is 0.308. The first-order valence-electron chi connectivity index (χ1n) is 5.50. The third-order valence-corrected chi connectivity index (χ3v) is 3.76. The lowest BCUT2D eigenvalue weighted by Gasteiger charge is -1.94. The minimum absolute atomic E-state index is 0.172. The van der Waals surface area contributed by atoms with Crippen LogP contribution in [-0.4, -0.2) is 16.7 Å². The molecule has 2 rings (SSSR count). The lowest BCUT2D eigenvalue weighted by atomic mass is 10.2. The Bertz CT molecular complexity index is 450. The third-order valence-electron chi connectivity index (χ3n) is 2.47. The highest BCUT2D eigenvalue weighted by Crippen LogP contribution is 2.28. The largest absolute Gasteiger partial charge is 0.396 e. The molecule has 2 aromatic rings. The van der Waals surface area contributed by atoms with Crippen LogP contribution >= 0.6 is 11.3 Å². The molecule has 0 fully saturated rings. The van der Waals surface area contributed by atoms with Crippen LogP contribution in [0.3, 0.4) is 0 Å². The minimum atomic E-state index is 0.172. The maximum absolute atomic E-state index is 8.98. The van der Waals surface area contributed by atoms with Crippen molar-refractivity contribution in [3.63, 3.8) is 0 Å². The van der Waals surface area contributed by atoms with E-state index in [2.05, 4.69) is 24.0 Å². The van der Waals surface area contributed by atoms with Gasteiger partial charge >= 0.3 is 0 Å². The number of aliphatic hydroxyl groups is 1. The van der Waals surface area contributed by atoms with Crippen LogP contribution in [0.15, 0.2) is 30.3 Å². The maximum atomic E-state index is 8.98. The van der Waals surface area contributed by atoms with Crippen molar-refractivity contribution in [2.75, 3.05) is 6.61 Å². The van der Waals surface area contributed by atoms with Gasteiger partial charge in [-0.2, -0.15) is 0 Å². The maximum Gasteiger partial charge on any atom is 0.123 e. The van der Waals surface area contributed by atoms with Gasteiger partial charge in [-0.3, -0.25) is 0 Å². The van der Waals surface area contributed by atoms with E-state index in [0.29, 0.717) is 6.42 Å². The summed E-state index contributed by atoms with van der Waals surface area (Å²) in [6.07, 6.45) is 1.65. The summed E-state index contributed by atoms with van der Waals surface area (Å²) in [4.78, 5) is 5.88. The summed E-state index contributed by atoms with van der Waals surface area (Å²) >= 11 is 1.73. The molecule has 0 aliphatic carbocycles. The number of nitrogens with zero attached hydrogens (tertiary/aromatic N) is 1. The molecule has 0 bridgehead atoms. The van der Waals surface area contributed by atoms with E-state index in [1.165, 1.54) is 4.88 Å². The van der Waals surface area contributed by atoms with Crippen molar-refractivity contribution >= 4 is 11.3 Å². The second-order valence-corrected chi connectivity index (χ2v) is 4.67. The van der Waals surface area contributed by atoms with Crippen molar-refractivity contribution < 1.29 is 5.11 Å². The Balaban J connectivity index is 2.36. The van der Waals surface area contributed by atoms with E-state index in [1.54, 1.807) is 11.3 Å². The fourth-order valence-corrected chi connectivity index (χ4v) is 2.72. The highest BCUT2D eigenvalue weighted by Gasteiger charge is 2.10. The Morgan fingerprint density at radius 3 is 2.62 bits per heavy atom. The van der Waals surface area contributed by atoms with Crippen molar-refractivity contribution in [2.24, 2.45) is 0 Å². The molecular weight excluding hydrogens is 218 g/mol. The fourth-order valence-electron chi connectivity index (χ4n) is 1.67. The summed E-state index contributed by atoms with van der Waals surface area (Å²) in [5.74, 6) is 0. The zero-order valence-corrected chi connectivity index (χ0v) is 10.1. The summed E-state index contributed by atoms with van der Waals surface area (Å²) in [5, 5.41) is 10.0. The number of hydrogen-bond acceptors (Lipinski definition) is 3. The second kappa shape index (κ2) is 5.23. The molecule has 0 unspecified atom stereocenters. The van der Waals surface area contributed by atoms with Crippen molar-refractivity contribution in [1.29, 1.82) is 0 Å². The lowest BCUT2D eigenvalue weighted by molar-refractivity contribution is 0.298. The van der Waals surface area contributed by atoms with Crippen LogP contribution in [0.4, 0.5) is 0 Å². The van der Waals surface area contributed by atoms with Gasteiger partial charge in [0.2, 0.25) is 0 Å². The molecule has 1 aromatic carbocycles. The highest BCUT2D eigenvalue weighted by atomic mass is 32.1. The van der Waals surface area contributed by atoms with Crippen LogP contribution < -0.4 is 0 Å². The standard InChI is InChI=1S/C13H15NOS/c1-2-12-11(8-9-15)14-13(16-12)10-6-4-3-5-7-10/h3-7,15H,2,8-9H2,1H3. The SMILES string of the molecule is CCc1sc(-c2ccccc2)nc1CCO. The Kier molecular flexibility index (Phi) is 3.70. The van der Waals surface area contributed by atoms with Crippen molar-refractivity contribution in [2.45, 2.75) is 19.8 Å². The Hall–Kier alpha value is -1.19. The molecule has 84 valence electrons. The molecule has 0 atom stereocenters. The molecule has 2 nitrogen and oxygen atoms in total. The molecule has 1 aromatic heterocycles. The van der Waals surface area contributed by atoms with Gasteiger partial charge in [-0.05, 0) is 6.42 Å².